The van der Waals surface area contributed by atoms with E-state index in [0.717, 1.165) is 31.6 Å². The van der Waals surface area contributed by atoms with Gasteiger partial charge in [0.25, 0.3) is 0 Å². The van der Waals surface area contributed by atoms with Crippen LogP contribution in [0.5, 0.6) is 0 Å². The third kappa shape index (κ3) is 2.78. The summed E-state index contributed by atoms with van der Waals surface area (Å²) >= 11 is 0. The van der Waals surface area contributed by atoms with Crippen LogP contribution >= 0.6 is 0 Å². The fourth-order valence-corrected chi connectivity index (χ4v) is 3.24. The van der Waals surface area contributed by atoms with Crippen molar-refractivity contribution >= 4 is 17.6 Å². The molecular weight excluding hydrogens is 268 g/mol. The summed E-state index contributed by atoms with van der Waals surface area (Å²) in [4.78, 5) is 25.3. The molecule has 3 rings (SSSR count). The zero-order chi connectivity index (χ0) is 15.0. The SMILES string of the molecule is CC(=O)Nc1cccc2c1CCN([C@@H]1C[C@H](C)OC1=O)C2. The van der Waals surface area contributed by atoms with Crippen LogP contribution in [0.3, 0.4) is 0 Å². The Kier molecular flexibility index (Phi) is 3.68. The number of anilines is 1. The molecule has 1 aromatic rings. The van der Waals surface area contributed by atoms with Crippen LogP contribution in [0.15, 0.2) is 18.2 Å². The summed E-state index contributed by atoms with van der Waals surface area (Å²) in [6.45, 7) is 5.00. The molecule has 1 saturated heterocycles. The third-order valence-corrected chi connectivity index (χ3v) is 4.19. The van der Waals surface area contributed by atoms with Crippen LogP contribution in [0, 0.1) is 0 Å². The van der Waals surface area contributed by atoms with Gasteiger partial charge in [0, 0.05) is 32.1 Å². The van der Waals surface area contributed by atoms with Gasteiger partial charge in [-0.05, 0) is 30.5 Å². The number of nitrogens with one attached hydrogen (secondary N) is 1. The quantitative estimate of drug-likeness (QED) is 0.842. The van der Waals surface area contributed by atoms with Crippen LogP contribution in [0.25, 0.3) is 0 Å². The Labute approximate surface area is 124 Å². The summed E-state index contributed by atoms with van der Waals surface area (Å²) in [5.74, 6) is -0.164. The van der Waals surface area contributed by atoms with Crippen molar-refractivity contribution < 1.29 is 14.3 Å². The number of ether oxygens (including phenoxy) is 1. The minimum atomic E-state index is -0.127. The van der Waals surface area contributed by atoms with E-state index in [1.54, 1.807) is 0 Å². The Hall–Kier alpha value is -1.88. The first-order valence-corrected chi connectivity index (χ1v) is 7.37. The van der Waals surface area contributed by atoms with E-state index in [4.69, 9.17) is 4.74 Å². The average molecular weight is 288 g/mol. The van der Waals surface area contributed by atoms with Crippen LogP contribution < -0.4 is 5.32 Å². The first kappa shape index (κ1) is 14.1. The first-order chi connectivity index (χ1) is 10.0. The highest BCUT2D eigenvalue weighted by atomic mass is 16.6. The van der Waals surface area contributed by atoms with E-state index in [2.05, 4.69) is 16.3 Å². The first-order valence-electron chi connectivity index (χ1n) is 7.37. The molecular formula is C16H20N2O3. The molecule has 21 heavy (non-hydrogen) atoms. The maximum absolute atomic E-state index is 11.9. The summed E-state index contributed by atoms with van der Waals surface area (Å²) in [5.41, 5.74) is 3.25. The van der Waals surface area contributed by atoms with Crippen molar-refractivity contribution in [2.45, 2.75) is 45.4 Å². The smallest absolute Gasteiger partial charge is 0.323 e. The fraction of sp³-hybridized carbons (Fsp3) is 0.500. The second-order valence-electron chi connectivity index (χ2n) is 5.84. The monoisotopic (exact) mass is 288 g/mol. The predicted molar refractivity (Wildman–Crippen MR) is 78.8 cm³/mol. The number of rotatable bonds is 2. The highest BCUT2D eigenvalue weighted by Gasteiger charge is 2.37. The summed E-state index contributed by atoms with van der Waals surface area (Å²) < 4.78 is 5.25. The molecule has 5 heteroatoms. The Balaban J connectivity index is 1.80. The molecule has 0 bridgehead atoms. The van der Waals surface area contributed by atoms with E-state index < -0.39 is 0 Å². The van der Waals surface area contributed by atoms with Crippen molar-refractivity contribution in [1.29, 1.82) is 0 Å². The minimum Gasteiger partial charge on any atom is -0.461 e. The van der Waals surface area contributed by atoms with E-state index in [0.29, 0.717) is 0 Å². The van der Waals surface area contributed by atoms with Gasteiger partial charge in [-0.2, -0.15) is 0 Å². The molecule has 0 aromatic heterocycles. The molecule has 1 N–H and O–H groups in total. The van der Waals surface area contributed by atoms with Gasteiger partial charge in [0.05, 0.1) is 0 Å². The summed E-state index contributed by atoms with van der Waals surface area (Å²) in [5, 5.41) is 2.88. The maximum atomic E-state index is 11.9. The highest BCUT2D eigenvalue weighted by molar-refractivity contribution is 5.89. The lowest BCUT2D eigenvalue weighted by Gasteiger charge is -2.32. The molecule has 2 heterocycles. The molecule has 0 saturated carbocycles. The number of carbonyl (C=O) groups excluding carboxylic acids is 2. The standard InChI is InChI=1S/C16H20N2O3/c1-10-8-15(16(20)21-10)18-7-6-13-12(9-18)4-3-5-14(13)17-11(2)19/h3-5,10,15H,6-9H2,1-2H3,(H,17,19)/t10-,15+/m0/s1. The van der Waals surface area contributed by atoms with Gasteiger partial charge in [-0.1, -0.05) is 12.1 Å². The van der Waals surface area contributed by atoms with Gasteiger partial charge in [-0.3, -0.25) is 14.5 Å². The molecule has 5 nitrogen and oxygen atoms in total. The van der Waals surface area contributed by atoms with Gasteiger partial charge in [-0.25, -0.2) is 0 Å². The largest absolute Gasteiger partial charge is 0.461 e. The molecule has 2 atom stereocenters. The molecule has 2 aliphatic heterocycles. The lowest BCUT2D eigenvalue weighted by Crippen LogP contribution is -2.42. The molecule has 112 valence electrons. The van der Waals surface area contributed by atoms with E-state index in [-0.39, 0.29) is 24.0 Å². The number of nitrogens with zero attached hydrogens (tertiary/aromatic N) is 1. The van der Waals surface area contributed by atoms with Crippen LogP contribution in [0.1, 0.15) is 31.4 Å². The second-order valence-corrected chi connectivity index (χ2v) is 5.84. The molecule has 0 spiro atoms. The summed E-state index contributed by atoms with van der Waals surface area (Å²) in [7, 11) is 0. The number of amides is 1. The van der Waals surface area contributed by atoms with Gasteiger partial charge in [0.2, 0.25) is 5.91 Å². The molecule has 0 unspecified atom stereocenters. The molecule has 0 radical (unpaired) electrons. The van der Waals surface area contributed by atoms with Gasteiger partial charge in [0.15, 0.2) is 0 Å². The highest BCUT2D eigenvalue weighted by Crippen LogP contribution is 2.30. The molecule has 1 amide bonds. The van der Waals surface area contributed by atoms with Gasteiger partial charge < -0.3 is 10.1 Å². The lowest BCUT2D eigenvalue weighted by molar-refractivity contribution is -0.145. The van der Waals surface area contributed by atoms with Crippen LogP contribution in [0.4, 0.5) is 5.69 Å². The van der Waals surface area contributed by atoms with Gasteiger partial charge in [-0.15, -0.1) is 0 Å². The number of cyclic esters (lactones) is 1. The number of fused-ring (bicyclic) bond motifs is 1. The van der Waals surface area contributed by atoms with Crippen molar-refractivity contribution in [3.8, 4) is 0 Å². The van der Waals surface area contributed by atoms with Crippen molar-refractivity contribution in [3.05, 3.63) is 29.3 Å². The van der Waals surface area contributed by atoms with E-state index in [1.165, 1.54) is 18.1 Å². The average Bonchev–Trinajstić information content (AvgIpc) is 2.77. The summed E-state index contributed by atoms with van der Waals surface area (Å²) in [6, 6.07) is 5.82. The van der Waals surface area contributed by atoms with Crippen molar-refractivity contribution in [2.75, 3.05) is 11.9 Å². The predicted octanol–water partition coefficient (Wildman–Crippen LogP) is 1.71. The number of carbonyl (C=O) groups is 2. The Morgan fingerprint density at radius 3 is 2.90 bits per heavy atom. The number of benzene rings is 1. The Morgan fingerprint density at radius 2 is 2.24 bits per heavy atom. The van der Waals surface area contributed by atoms with Crippen LogP contribution in [-0.2, 0) is 27.3 Å². The van der Waals surface area contributed by atoms with E-state index >= 15 is 0 Å². The van der Waals surface area contributed by atoms with Crippen molar-refractivity contribution in [2.24, 2.45) is 0 Å². The lowest BCUT2D eigenvalue weighted by atomic mass is 9.96. The fourth-order valence-electron chi connectivity index (χ4n) is 3.24. The summed E-state index contributed by atoms with van der Waals surface area (Å²) in [6.07, 6.45) is 1.61. The third-order valence-electron chi connectivity index (χ3n) is 4.19. The van der Waals surface area contributed by atoms with E-state index in [9.17, 15) is 9.59 Å². The van der Waals surface area contributed by atoms with Gasteiger partial charge in [0.1, 0.15) is 12.1 Å². The molecule has 0 aliphatic carbocycles. The number of hydrogen-bond acceptors (Lipinski definition) is 4. The van der Waals surface area contributed by atoms with Crippen molar-refractivity contribution in [3.63, 3.8) is 0 Å². The topological polar surface area (TPSA) is 58.6 Å². The molecule has 2 aliphatic rings. The van der Waals surface area contributed by atoms with Crippen molar-refractivity contribution in [1.82, 2.24) is 4.90 Å². The normalized spacial score (nSPS) is 25.3. The number of hydrogen-bond donors (Lipinski definition) is 1. The van der Waals surface area contributed by atoms with Gasteiger partial charge >= 0.3 is 5.97 Å². The minimum absolute atomic E-state index is 0.00890. The Bertz CT molecular complexity index is 585. The maximum Gasteiger partial charge on any atom is 0.323 e. The zero-order valence-corrected chi connectivity index (χ0v) is 12.4. The van der Waals surface area contributed by atoms with Crippen LogP contribution in [0.2, 0.25) is 0 Å². The van der Waals surface area contributed by atoms with E-state index in [1.807, 2.05) is 19.1 Å². The van der Waals surface area contributed by atoms with Crippen LogP contribution in [-0.4, -0.2) is 35.5 Å². The molecule has 1 fully saturated rings. The second kappa shape index (κ2) is 5.48. The zero-order valence-electron chi connectivity index (χ0n) is 12.4. The Morgan fingerprint density at radius 1 is 1.43 bits per heavy atom. The number of esters is 1. The molecule has 1 aromatic carbocycles.